The molecule has 0 radical (unpaired) electrons. The van der Waals surface area contributed by atoms with Gasteiger partial charge < -0.3 is 0 Å². The highest BCUT2D eigenvalue weighted by molar-refractivity contribution is 6.44. The van der Waals surface area contributed by atoms with Gasteiger partial charge in [0.2, 0.25) is 5.78 Å². The number of nitrogens with zero attached hydrogens (tertiary/aromatic N) is 1. The smallest absolute Gasteiger partial charge is 0.212 e. The van der Waals surface area contributed by atoms with Gasteiger partial charge in [-0.3, -0.25) is 4.79 Å². The molecule has 0 aliphatic heterocycles. The van der Waals surface area contributed by atoms with E-state index in [0.717, 1.165) is 6.20 Å². The lowest BCUT2D eigenvalue weighted by Crippen LogP contribution is -2.05. The van der Waals surface area contributed by atoms with Gasteiger partial charge in [-0.15, -0.1) is 0 Å². The number of hydrogen-bond donors (Lipinski definition) is 0. The molecule has 86 valence electrons. The largest absolute Gasteiger partial charge is 0.287 e. The van der Waals surface area contributed by atoms with E-state index in [-0.39, 0.29) is 16.3 Å². The first-order valence-electron chi connectivity index (χ1n) is 4.70. The van der Waals surface area contributed by atoms with Gasteiger partial charge in [-0.05, 0) is 24.3 Å². The number of aromatic nitrogens is 1. The van der Waals surface area contributed by atoms with E-state index in [2.05, 4.69) is 4.98 Å². The minimum atomic E-state index is -0.501. The second-order valence-electron chi connectivity index (χ2n) is 3.29. The van der Waals surface area contributed by atoms with Gasteiger partial charge in [-0.2, -0.15) is 0 Å². The summed E-state index contributed by atoms with van der Waals surface area (Å²) in [6.07, 6.45) is 0.978. The predicted molar refractivity (Wildman–Crippen MR) is 64.1 cm³/mol. The Balaban J connectivity index is 2.44. The summed E-state index contributed by atoms with van der Waals surface area (Å²) in [5.74, 6) is -0.892. The number of pyridine rings is 1. The number of carbonyl (C=O) groups is 1. The molecular weight excluding hydrogens is 264 g/mol. The second kappa shape index (κ2) is 4.82. The Labute approximate surface area is 107 Å². The topological polar surface area (TPSA) is 30.0 Å². The first-order chi connectivity index (χ1) is 8.09. The first-order valence-corrected chi connectivity index (χ1v) is 5.45. The molecule has 0 aliphatic rings. The highest BCUT2D eigenvalue weighted by atomic mass is 35.5. The van der Waals surface area contributed by atoms with Crippen LogP contribution in [0.15, 0.2) is 36.5 Å². The van der Waals surface area contributed by atoms with Gasteiger partial charge in [0, 0.05) is 5.56 Å². The monoisotopic (exact) mass is 269 g/mol. The van der Waals surface area contributed by atoms with Crippen molar-refractivity contribution < 1.29 is 9.18 Å². The van der Waals surface area contributed by atoms with Crippen LogP contribution in [0.2, 0.25) is 10.0 Å². The molecule has 0 spiro atoms. The quantitative estimate of drug-likeness (QED) is 0.778. The molecule has 0 amide bonds. The minimum absolute atomic E-state index is 0.121. The second-order valence-corrected chi connectivity index (χ2v) is 4.08. The van der Waals surface area contributed by atoms with Crippen LogP contribution in [0.5, 0.6) is 0 Å². The lowest BCUT2D eigenvalue weighted by molar-refractivity contribution is 0.103. The molecule has 0 bridgehead atoms. The summed E-state index contributed by atoms with van der Waals surface area (Å²) >= 11 is 11.7. The third-order valence-electron chi connectivity index (χ3n) is 2.16. The lowest BCUT2D eigenvalue weighted by Gasteiger charge is -2.04. The Bertz CT molecular complexity index is 569. The fraction of sp³-hybridized carbons (Fsp3) is 0. The molecule has 0 saturated carbocycles. The molecule has 0 saturated heterocycles. The van der Waals surface area contributed by atoms with E-state index >= 15 is 0 Å². The molecule has 2 rings (SSSR count). The molecule has 0 atom stereocenters. The zero-order chi connectivity index (χ0) is 12.4. The zero-order valence-electron chi connectivity index (χ0n) is 8.45. The maximum absolute atomic E-state index is 12.7. The Kier molecular flexibility index (Phi) is 3.41. The molecule has 0 N–H and O–H groups in total. The van der Waals surface area contributed by atoms with Gasteiger partial charge in [0.25, 0.3) is 0 Å². The summed E-state index contributed by atoms with van der Waals surface area (Å²) in [7, 11) is 0. The third-order valence-corrected chi connectivity index (χ3v) is 2.98. The van der Waals surface area contributed by atoms with E-state index in [4.69, 9.17) is 23.2 Å². The molecule has 17 heavy (non-hydrogen) atoms. The minimum Gasteiger partial charge on any atom is -0.287 e. The van der Waals surface area contributed by atoms with Crippen LogP contribution in [0.3, 0.4) is 0 Å². The molecule has 2 aromatic rings. The van der Waals surface area contributed by atoms with Crippen LogP contribution in [-0.4, -0.2) is 10.8 Å². The van der Waals surface area contributed by atoms with Crippen LogP contribution in [0, 0.1) is 5.82 Å². The van der Waals surface area contributed by atoms with Crippen molar-refractivity contribution >= 4 is 29.0 Å². The van der Waals surface area contributed by atoms with Crippen molar-refractivity contribution in [3.8, 4) is 0 Å². The van der Waals surface area contributed by atoms with Gasteiger partial charge >= 0.3 is 0 Å². The molecule has 1 aromatic carbocycles. The molecule has 2 nitrogen and oxygen atoms in total. The number of rotatable bonds is 2. The van der Waals surface area contributed by atoms with E-state index < -0.39 is 11.6 Å². The SMILES string of the molecule is O=C(c1ccc(F)cn1)c1cccc(Cl)c1Cl. The van der Waals surface area contributed by atoms with Gasteiger partial charge in [0.1, 0.15) is 11.5 Å². The summed E-state index contributed by atoms with van der Waals surface area (Å²) < 4.78 is 12.7. The highest BCUT2D eigenvalue weighted by Gasteiger charge is 2.15. The molecule has 5 heteroatoms. The fourth-order valence-corrected chi connectivity index (χ4v) is 1.71. The van der Waals surface area contributed by atoms with Crippen LogP contribution in [-0.2, 0) is 0 Å². The van der Waals surface area contributed by atoms with E-state index in [1.165, 1.54) is 12.1 Å². The standard InChI is InChI=1S/C12H6Cl2FNO/c13-9-3-1-2-8(11(9)14)12(17)10-5-4-7(15)6-16-10/h1-6H. The van der Waals surface area contributed by atoms with E-state index in [9.17, 15) is 9.18 Å². The van der Waals surface area contributed by atoms with Gasteiger partial charge in [0.05, 0.1) is 16.2 Å². The zero-order valence-corrected chi connectivity index (χ0v) is 9.97. The van der Waals surface area contributed by atoms with Crippen LogP contribution < -0.4 is 0 Å². The van der Waals surface area contributed by atoms with Crippen molar-refractivity contribution in [1.82, 2.24) is 4.98 Å². The van der Waals surface area contributed by atoms with Crippen LogP contribution in [0.25, 0.3) is 0 Å². The van der Waals surface area contributed by atoms with Crippen LogP contribution in [0.4, 0.5) is 4.39 Å². The molecular formula is C12H6Cl2FNO. The van der Waals surface area contributed by atoms with Crippen molar-refractivity contribution in [3.05, 3.63) is 63.6 Å². The average molecular weight is 270 g/mol. The van der Waals surface area contributed by atoms with Gasteiger partial charge in [0.15, 0.2) is 0 Å². The average Bonchev–Trinajstić information content (AvgIpc) is 2.33. The Morgan fingerprint density at radius 3 is 2.59 bits per heavy atom. The Morgan fingerprint density at radius 2 is 1.94 bits per heavy atom. The Hall–Kier alpha value is -1.45. The third kappa shape index (κ3) is 2.46. The maximum Gasteiger partial charge on any atom is 0.212 e. The summed E-state index contributed by atoms with van der Waals surface area (Å²) in [4.78, 5) is 15.7. The summed E-state index contributed by atoms with van der Waals surface area (Å²) in [5.41, 5.74) is 0.369. The molecule has 0 fully saturated rings. The number of ketones is 1. The van der Waals surface area contributed by atoms with E-state index in [0.29, 0.717) is 5.02 Å². The number of carbonyl (C=O) groups excluding carboxylic acids is 1. The number of benzene rings is 1. The fourth-order valence-electron chi connectivity index (χ4n) is 1.33. The van der Waals surface area contributed by atoms with Crippen LogP contribution in [0.1, 0.15) is 16.1 Å². The lowest BCUT2D eigenvalue weighted by atomic mass is 10.1. The van der Waals surface area contributed by atoms with Crippen LogP contribution >= 0.6 is 23.2 Å². The highest BCUT2D eigenvalue weighted by Crippen LogP contribution is 2.26. The molecule has 0 aliphatic carbocycles. The van der Waals surface area contributed by atoms with Crippen molar-refractivity contribution in [2.24, 2.45) is 0 Å². The normalized spacial score (nSPS) is 10.3. The molecule has 1 aromatic heterocycles. The summed E-state index contributed by atoms with van der Waals surface area (Å²) in [6.45, 7) is 0. The Morgan fingerprint density at radius 1 is 1.18 bits per heavy atom. The molecule has 1 heterocycles. The predicted octanol–water partition coefficient (Wildman–Crippen LogP) is 3.76. The van der Waals surface area contributed by atoms with Crippen molar-refractivity contribution in [3.63, 3.8) is 0 Å². The number of halogens is 3. The maximum atomic E-state index is 12.7. The van der Waals surface area contributed by atoms with Crippen molar-refractivity contribution in [2.75, 3.05) is 0 Å². The van der Waals surface area contributed by atoms with E-state index in [1.54, 1.807) is 18.2 Å². The van der Waals surface area contributed by atoms with Gasteiger partial charge in [-0.25, -0.2) is 9.37 Å². The molecule has 0 unspecified atom stereocenters. The van der Waals surface area contributed by atoms with Crippen molar-refractivity contribution in [2.45, 2.75) is 0 Å². The van der Waals surface area contributed by atoms with E-state index in [1.807, 2.05) is 0 Å². The summed E-state index contributed by atoms with van der Waals surface area (Å²) in [6, 6.07) is 7.21. The van der Waals surface area contributed by atoms with Gasteiger partial charge in [-0.1, -0.05) is 29.3 Å². The van der Waals surface area contributed by atoms with Crippen molar-refractivity contribution in [1.29, 1.82) is 0 Å². The summed E-state index contributed by atoms with van der Waals surface area (Å²) in [5, 5.41) is 0.463. The first kappa shape index (κ1) is 12.0. The number of hydrogen-bond acceptors (Lipinski definition) is 2.